The summed E-state index contributed by atoms with van der Waals surface area (Å²) in [5.74, 6) is 2.00. The average molecular weight is 317 g/mol. The molecule has 3 N–H and O–H groups in total. The molecule has 0 aromatic carbocycles. The second kappa shape index (κ2) is 8.38. The maximum Gasteiger partial charge on any atom is 0.227 e. The molecule has 2 saturated carbocycles. The lowest BCUT2D eigenvalue weighted by molar-refractivity contribution is -0.132. The van der Waals surface area contributed by atoms with Gasteiger partial charge in [-0.1, -0.05) is 39.5 Å². The van der Waals surface area contributed by atoms with Crippen molar-refractivity contribution < 1.29 is 4.79 Å². The number of nitrogens with one attached hydrogen (secondary N) is 1. The summed E-state index contributed by atoms with van der Waals surface area (Å²) in [7, 11) is 0. The van der Waals surface area contributed by atoms with Crippen molar-refractivity contribution in [1.82, 2.24) is 5.32 Å². The average Bonchev–Trinajstić information content (AvgIpc) is 2.49. The maximum atomic E-state index is 12.6. The van der Waals surface area contributed by atoms with E-state index < -0.39 is 0 Å². The van der Waals surface area contributed by atoms with Crippen molar-refractivity contribution >= 4 is 18.3 Å². The minimum atomic E-state index is -0.344. The minimum absolute atomic E-state index is 0. The molecular weight excluding hydrogens is 284 g/mol. The molecule has 0 heterocycles. The SMILES string of the molecule is CCC(CC)(CN)C(=O)NC1CCC2CCCCC2C1.Cl. The number of fused-ring (bicyclic) bond motifs is 1. The molecule has 21 heavy (non-hydrogen) atoms. The van der Waals surface area contributed by atoms with Gasteiger partial charge in [-0.25, -0.2) is 0 Å². The molecule has 1 amide bonds. The van der Waals surface area contributed by atoms with Gasteiger partial charge in [0.15, 0.2) is 0 Å². The number of hydrogen-bond donors (Lipinski definition) is 2. The van der Waals surface area contributed by atoms with Crippen molar-refractivity contribution in [2.24, 2.45) is 23.0 Å². The summed E-state index contributed by atoms with van der Waals surface area (Å²) >= 11 is 0. The van der Waals surface area contributed by atoms with Crippen molar-refractivity contribution in [1.29, 1.82) is 0 Å². The van der Waals surface area contributed by atoms with Gasteiger partial charge in [-0.2, -0.15) is 0 Å². The Kier molecular flexibility index (Phi) is 7.49. The molecule has 0 aliphatic heterocycles. The fourth-order valence-electron chi connectivity index (χ4n) is 4.30. The van der Waals surface area contributed by atoms with Crippen LogP contribution in [0.4, 0.5) is 0 Å². The zero-order valence-electron chi connectivity index (χ0n) is 13.7. The van der Waals surface area contributed by atoms with Crippen LogP contribution in [0.1, 0.15) is 71.6 Å². The Labute approximate surface area is 136 Å². The molecule has 0 spiro atoms. The summed E-state index contributed by atoms with van der Waals surface area (Å²) < 4.78 is 0. The van der Waals surface area contributed by atoms with Crippen molar-refractivity contribution in [3.63, 3.8) is 0 Å². The topological polar surface area (TPSA) is 55.1 Å². The zero-order valence-corrected chi connectivity index (χ0v) is 14.5. The maximum absolute atomic E-state index is 12.6. The van der Waals surface area contributed by atoms with Gasteiger partial charge < -0.3 is 11.1 Å². The molecule has 2 rings (SSSR count). The van der Waals surface area contributed by atoms with Crippen molar-refractivity contribution in [2.45, 2.75) is 77.7 Å². The van der Waals surface area contributed by atoms with Gasteiger partial charge in [0.1, 0.15) is 0 Å². The van der Waals surface area contributed by atoms with Crippen molar-refractivity contribution in [3.05, 3.63) is 0 Å². The Hall–Kier alpha value is -0.280. The summed E-state index contributed by atoms with van der Waals surface area (Å²) in [5.41, 5.74) is 5.54. The summed E-state index contributed by atoms with van der Waals surface area (Å²) in [6, 6.07) is 0.394. The van der Waals surface area contributed by atoms with Crippen LogP contribution in [0.2, 0.25) is 0 Å². The third-order valence-electron chi connectivity index (χ3n) is 6.10. The van der Waals surface area contributed by atoms with E-state index in [1.807, 2.05) is 0 Å². The molecule has 0 bridgehead atoms. The summed E-state index contributed by atoms with van der Waals surface area (Å²) in [6.45, 7) is 4.62. The second-order valence-corrected chi connectivity index (χ2v) is 6.98. The lowest BCUT2D eigenvalue weighted by Gasteiger charge is -2.40. The highest BCUT2D eigenvalue weighted by molar-refractivity contribution is 5.85. The van der Waals surface area contributed by atoms with Crippen LogP contribution in [0.15, 0.2) is 0 Å². The molecule has 0 saturated heterocycles. The first-order valence-corrected chi connectivity index (χ1v) is 8.66. The highest BCUT2D eigenvalue weighted by Gasteiger charge is 2.37. The first kappa shape index (κ1) is 18.8. The van der Waals surface area contributed by atoms with Gasteiger partial charge in [-0.05, 0) is 43.9 Å². The van der Waals surface area contributed by atoms with E-state index >= 15 is 0 Å². The summed E-state index contributed by atoms with van der Waals surface area (Å²) in [6.07, 6.45) is 10.9. The molecule has 0 radical (unpaired) electrons. The molecule has 124 valence electrons. The van der Waals surface area contributed by atoms with Crippen LogP contribution in [-0.2, 0) is 4.79 Å². The predicted molar refractivity (Wildman–Crippen MR) is 90.5 cm³/mol. The number of carbonyl (C=O) groups is 1. The summed E-state index contributed by atoms with van der Waals surface area (Å²) in [5, 5.41) is 3.33. The molecule has 4 heteroatoms. The fraction of sp³-hybridized carbons (Fsp3) is 0.941. The largest absolute Gasteiger partial charge is 0.353 e. The van der Waals surface area contributed by atoms with Crippen LogP contribution in [0.5, 0.6) is 0 Å². The zero-order chi connectivity index (χ0) is 14.6. The number of hydrogen-bond acceptors (Lipinski definition) is 2. The van der Waals surface area contributed by atoms with E-state index in [4.69, 9.17) is 5.73 Å². The lowest BCUT2D eigenvalue weighted by atomic mass is 9.69. The molecule has 2 aliphatic carbocycles. The molecule has 0 aromatic rings. The number of halogens is 1. The summed E-state index contributed by atoms with van der Waals surface area (Å²) in [4.78, 5) is 12.6. The van der Waals surface area contributed by atoms with Gasteiger partial charge in [0, 0.05) is 12.6 Å². The fourth-order valence-corrected chi connectivity index (χ4v) is 4.30. The van der Waals surface area contributed by atoms with Gasteiger partial charge in [-0.15, -0.1) is 12.4 Å². The van der Waals surface area contributed by atoms with Crippen molar-refractivity contribution in [2.75, 3.05) is 6.54 Å². The number of amides is 1. The van der Waals surface area contributed by atoms with E-state index in [1.165, 1.54) is 44.9 Å². The minimum Gasteiger partial charge on any atom is -0.353 e. The van der Waals surface area contributed by atoms with E-state index in [-0.39, 0.29) is 23.7 Å². The number of carbonyl (C=O) groups excluding carboxylic acids is 1. The molecule has 2 fully saturated rings. The van der Waals surface area contributed by atoms with Crippen molar-refractivity contribution in [3.8, 4) is 0 Å². The van der Waals surface area contributed by atoms with Crippen LogP contribution in [0.25, 0.3) is 0 Å². The van der Waals surface area contributed by atoms with E-state index in [1.54, 1.807) is 0 Å². The molecule has 0 aromatic heterocycles. The lowest BCUT2D eigenvalue weighted by Crippen LogP contribution is -2.50. The Balaban J connectivity index is 0.00000220. The molecule has 3 nitrogen and oxygen atoms in total. The van der Waals surface area contributed by atoms with Gasteiger partial charge in [0.05, 0.1) is 5.41 Å². The normalized spacial score (nSPS) is 29.2. The Morgan fingerprint density at radius 3 is 2.29 bits per heavy atom. The van der Waals surface area contributed by atoms with E-state index in [0.717, 1.165) is 24.7 Å². The third-order valence-corrected chi connectivity index (χ3v) is 6.10. The predicted octanol–water partition coefficient (Wildman–Crippen LogP) is 3.65. The first-order valence-electron chi connectivity index (χ1n) is 8.66. The Bertz CT molecular complexity index is 322. The smallest absolute Gasteiger partial charge is 0.227 e. The van der Waals surface area contributed by atoms with Crippen LogP contribution in [-0.4, -0.2) is 18.5 Å². The van der Waals surface area contributed by atoms with Crippen LogP contribution in [0, 0.1) is 17.3 Å². The molecule has 2 aliphatic rings. The number of nitrogens with two attached hydrogens (primary N) is 1. The van der Waals surface area contributed by atoms with Gasteiger partial charge in [-0.3, -0.25) is 4.79 Å². The molecular formula is C17H33ClN2O. The number of rotatable bonds is 5. The van der Waals surface area contributed by atoms with Gasteiger partial charge >= 0.3 is 0 Å². The highest BCUT2D eigenvalue weighted by atomic mass is 35.5. The third kappa shape index (κ3) is 4.13. The van der Waals surface area contributed by atoms with Gasteiger partial charge in [0.25, 0.3) is 0 Å². The first-order chi connectivity index (χ1) is 9.65. The van der Waals surface area contributed by atoms with E-state index in [9.17, 15) is 4.79 Å². The second-order valence-electron chi connectivity index (χ2n) is 6.98. The standard InChI is InChI=1S/C17H32N2O.ClH/c1-3-17(4-2,12-18)16(20)19-15-10-9-13-7-5-6-8-14(13)11-15;/h13-15H,3-12,18H2,1-2H3,(H,19,20);1H. The molecule has 3 unspecified atom stereocenters. The van der Waals surface area contributed by atoms with Crippen LogP contribution < -0.4 is 11.1 Å². The van der Waals surface area contributed by atoms with E-state index in [2.05, 4.69) is 19.2 Å². The van der Waals surface area contributed by atoms with Crippen LogP contribution in [0.3, 0.4) is 0 Å². The highest BCUT2D eigenvalue weighted by Crippen LogP contribution is 2.40. The Morgan fingerprint density at radius 1 is 1.10 bits per heavy atom. The van der Waals surface area contributed by atoms with Crippen LogP contribution >= 0.6 is 12.4 Å². The van der Waals surface area contributed by atoms with E-state index in [0.29, 0.717) is 12.6 Å². The Morgan fingerprint density at radius 2 is 1.71 bits per heavy atom. The molecule has 3 atom stereocenters. The monoisotopic (exact) mass is 316 g/mol. The van der Waals surface area contributed by atoms with Gasteiger partial charge in [0.2, 0.25) is 5.91 Å². The quantitative estimate of drug-likeness (QED) is 0.813.